The van der Waals surface area contributed by atoms with Gasteiger partial charge in [-0.15, -0.1) is 0 Å². The van der Waals surface area contributed by atoms with Gasteiger partial charge in [0.15, 0.2) is 0 Å². The first-order valence-electron chi connectivity index (χ1n) is 5.62. The van der Waals surface area contributed by atoms with Gasteiger partial charge >= 0.3 is 0 Å². The van der Waals surface area contributed by atoms with Crippen LogP contribution in [0.1, 0.15) is 31.9 Å². The molecule has 1 rings (SSSR count). The summed E-state index contributed by atoms with van der Waals surface area (Å²) in [5.41, 5.74) is 0.708. The molecule has 2 unspecified atom stereocenters. The van der Waals surface area contributed by atoms with Gasteiger partial charge in [0.1, 0.15) is 11.8 Å². The van der Waals surface area contributed by atoms with E-state index in [1.807, 2.05) is 19.1 Å². The zero-order valence-corrected chi connectivity index (χ0v) is 11.1. The monoisotopic (exact) mass is 252 g/mol. The number of ether oxygens (including phenoxy) is 1. The van der Waals surface area contributed by atoms with Crippen molar-refractivity contribution in [1.82, 2.24) is 5.32 Å². The number of benzene rings is 1. The van der Waals surface area contributed by atoms with Crippen LogP contribution in [0.4, 0.5) is 0 Å². The summed E-state index contributed by atoms with van der Waals surface area (Å²) < 4.78 is 5.25. The lowest BCUT2D eigenvalue weighted by atomic mass is 10.1. The average molecular weight is 253 g/mol. The first-order valence-corrected chi connectivity index (χ1v) is 5.99. The van der Waals surface area contributed by atoms with E-state index in [4.69, 9.17) is 16.3 Å². The van der Waals surface area contributed by atoms with Gasteiger partial charge in [-0.25, -0.2) is 0 Å². The molecule has 0 aliphatic rings. The van der Waals surface area contributed by atoms with Crippen molar-refractivity contribution >= 4 is 11.6 Å². The molecule has 0 spiro atoms. The highest BCUT2D eigenvalue weighted by molar-refractivity contribution is 6.31. The molecule has 0 saturated heterocycles. The number of halogens is 1. The second-order valence-corrected chi connectivity index (χ2v) is 4.30. The van der Waals surface area contributed by atoms with Crippen LogP contribution in [0.3, 0.4) is 0 Å². The molecule has 0 radical (unpaired) electrons. The highest BCUT2D eigenvalue weighted by Crippen LogP contribution is 2.32. The number of hydrogen-bond donors (Lipinski definition) is 1. The maximum Gasteiger partial charge on any atom is 0.126 e. The molecular formula is C13H17ClN2O. The molecule has 4 heteroatoms. The van der Waals surface area contributed by atoms with E-state index in [9.17, 15) is 5.26 Å². The Morgan fingerprint density at radius 1 is 1.53 bits per heavy atom. The number of nitrogens with zero attached hydrogens (tertiary/aromatic N) is 1. The Labute approximate surface area is 107 Å². The van der Waals surface area contributed by atoms with Crippen LogP contribution >= 0.6 is 11.6 Å². The highest BCUT2D eigenvalue weighted by atomic mass is 35.5. The van der Waals surface area contributed by atoms with Crippen LogP contribution in [0.15, 0.2) is 18.2 Å². The molecule has 0 aliphatic heterocycles. The fourth-order valence-electron chi connectivity index (χ4n) is 1.56. The number of rotatable bonds is 5. The number of nitrogens with one attached hydrogen (secondary N) is 1. The molecule has 1 aromatic rings. The SMILES string of the molecule is CCC(C)NC(C#N)c1c(Cl)cccc1OC. The van der Waals surface area contributed by atoms with Crippen molar-refractivity contribution in [3.8, 4) is 11.8 Å². The Morgan fingerprint density at radius 3 is 2.76 bits per heavy atom. The van der Waals surface area contributed by atoms with E-state index in [1.54, 1.807) is 13.2 Å². The van der Waals surface area contributed by atoms with Gasteiger partial charge in [0, 0.05) is 11.6 Å². The molecular weight excluding hydrogens is 236 g/mol. The Bertz CT molecular complexity index is 414. The minimum atomic E-state index is -0.450. The van der Waals surface area contributed by atoms with Gasteiger partial charge in [0.25, 0.3) is 0 Å². The Morgan fingerprint density at radius 2 is 2.24 bits per heavy atom. The smallest absolute Gasteiger partial charge is 0.126 e. The normalized spacial score (nSPS) is 13.8. The molecule has 1 aromatic carbocycles. The first kappa shape index (κ1) is 13.8. The molecule has 2 atom stereocenters. The van der Waals surface area contributed by atoms with Crippen molar-refractivity contribution in [2.45, 2.75) is 32.4 Å². The van der Waals surface area contributed by atoms with Crippen LogP contribution in [-0.4, -0.2) is 13.2 Å². The van der Waals surface area contributed by atoms with Gasteiger partial charge in [0.2, 0.25) is 0 Å². The largest absolute Gasteiger partial charge is 0.496 e. The Kier molecular flexibility index (Phi) is 5.27. The van der Waals surface area contributed by atoms with E-state index in [1.165, 1.54) is 0 Å². The first-order chi connectivity index (χ1) is 8.13. The summed E-state index contributed by atoms with van der Waals surface area (Å²) in [5, 5.41) is 13.0. The van der Waals surface area contributed by atoms with E-state index < -0.39 is 6.04 Å². The van der Waals surface area contributed by atoms with Crippen LogP contribution in [0.25, 0.3) is 0 Å². The lowest BCUT2D eigenvalue weighted by Crippen LogP contribution is -2.29. The number of nitriles is 1. The minimum absolute atomic E-state index is 0.251. The lowest BCUT2D eigenvalue weighted by Gasteiger charge is -2.20. The van der Waals surface area contributed by atoms with Gasteiger partial charge < -0.3 is 4.74 Å². The van der Waals surface area contributed by atoms with E-state index >= 15 is 0 Å². The van der Waals surface area contributed by atoms with Gasteiger partial charge in [-0.05, 0) is 25.5 Å². The molecule has 0 aromatic heterocycles. The molecule has 0 aliphatic carbocycles. The quantitative estimate of drug-likeness (QED) is 0.875. The van der Waals surface area contributed by atoms with Gasteiger partial charge in [-0.1, -0.05) is 24.6 Å². The van der Waals surface area contributed by atoms with Crippen LogP contribution in [0.5, 0.6) is 5.75 Å². The van der Waals surface area contributed by atoms with Crippen molar-refractivity contribution in [2.75, 3.05) is 7.11 Å². The van der Waals surface area contributed by atoms with Crippen molar-refractivity contribution in [3.05, 3.63) is 28.8 Å². The molecule has 17 heavy (non-hydrogen) atoms. The van der Waals surface area contributed by atoms with E-state index in [2.05, 4.69) is 18.3 Å². The van der Waals surface area contributed by atoms with Gasteiger partial charge in [-0.2, -0.15) is 5.26 Å². The zero-order valence-electron chi connectivity index (χ0n) is 10.3. The van der Waals surface area contributed by atoms with E-state index in [0.717, 1.165) is 6.42 Å². The standard InChI is InChI=1S/C13H17ClN2O/c1-4-9(2)16-11(8-15)13-10(14)6-5-7-12(13)17-3/h5-7,9,11,16H,4H2,1-3H3. The third kappa shape index (κ3) is 3.36. The predicted octanol–water partition coefficient (Wildman–Crippen LogP) is 3.30. The van der Waals surface area contributed by atoms with Crippen LogP contribution in [-0.2, 0) is 0 Å². The Hall–Kier alpha value is -1.24. The summed E-state index contributed by atoms with van der Waals surface area (Å²) in [6.07, 6.45) is 0.949. The van der Waals surface area contributed by atoms with Crippen LogP contribution in [0.2, 0.25) is 5.02 Å². The topological polar surface area (TPSA) is 45.0 Å². The van der Waals surface area contributed by atoms with Crippen molar-refractivity contribution in [1.29, 1.82) is 5.26 Å². The van der Waals surface area contributed by atoms with Crippen LogP contribution in [0, 0.1) is 11.3 Å². The zero-order chi connectivity index (χ0) is 12.8. The summed E-state index contributed by atoms with van der Waals surface area (Å²) in [6.45, 7) is 4.10. The molecule has 0 heterocycles. The Balaban J connectivity index is 3.07. The van der Waals surface area contributed by atoms with Crippen molar-refractivity contribution in [2.24, 2.45) is 0 Å². The minimum Gasteiger partial charge on any atom is -0.496 e. The van der Waals surface area contributed by atoms with Crippen molar-refractivity contribution in [3.63, 3.8) is 0 Å². The highest BCUT2D eigenvalue weighted by Gasteiger charge is 2.20. The molecule has 0 bridgehead atoms. The molecule has 0 fully saturated rings. The third-order valence-electron chi connectivity index (χ3n) is 2.71. The maximum absolute atomic E-state index is 9.24. The molecule has 0 amide bonds. The maximum atomic E-state index is 9.24. The summed E-state index contributed by atoms with van der Waals surface area (Å²) in [6, 6.07) is 7.41. The molecule has 92 valence electrons. The predicted molar refractivity (Wildman–Crippen MR) is 69.2 cm³/mol. The second-order valence-electron chi connectivity index (χ2n) is 3.89. The van der Waals surface area contributed by atoms with E-state index in [-0.39, 0.29) is 6.04 Å². The van der Waals surface area contributed by atoms with Crippen molar-refractivity contribution < 1.29 is 4.74 Å². The lowest BCUT2D eigenvalue weighted by molar-refractivity contribution is 0.401. The summed E-state index contributed by atoms with van der Waals surface area (Å²) in [4.78, 5) is 0. The fourth-order valence-corrected chi connectivity index (χ4v) is 1.84. The van der Waals surface area contributed by atoms with E-state index in [0.29, 0.717) is 16.3 Å². The van der Waals surface area contributed by atoms with Crippen LogP contribution < -0.4 is 10.1 Å². The van der Waals surface area contributed by atoms with Gasteiger partial charge in [-0.3, -0.25) is 5.32 Å². The molecule has 3 nitrogen and oxygen atoms in total. The summed E-state index contributed by atoms with van der Waals surface area (Å²) in [5.74, 6) is 0.639. The fraction of sp³-hybridized carbons (Fsp3) is 0.462. The molecule has 1 N–H and O–H groups in total. The second kappa shape index (κ2) is 6.48. The third-order valence-corrected chi connectivity index (χ3v) is 3.04. The summed E-state index contributed by atoms with van der Waals surface area (Å²) >= 11 is 6.14. The number of hydrogen-bond acceptors (Lipinski definition) is 3. The van der Waals surface area contributed by atoms with Gasteiger partial charge in [0.05, 0.1) is 18.2 Å². The average Bonchev–Trinajstić information content (AvgIpc) is 2.35. The molecule has 0 saturated carbocycles. The number of methoxy groups -OCH3 is 1. The summed E-state index contributed by atoms with van der Waals surface area (Å²) in [7, 11) is 1.58.